The number of amides is 2. The van der Waals surface area contributed by atoms with Crippen molar-refractivity contribution in [3.05, 3.63) is 0 Å². The number of carbonyl (C=O) groups excluding carboxylic acids is 2. The van der Waals surface area contributed by atoms with Gasteiger partial charge in [-0.1, -0.05) is 0 Å². The van der Waals surface area contributed by atoms with Crippen molar-refractivity contribution >= 4 is 11.8 Å². The minimum absolute atomic E-state index is 0.0262. The zero-order chi connectivity index (χ0) is 15.7. The van der Waals surface area contributed by atoms with E-state index in [1.165, 1.54) is 0 Å². The van der Waals surface area contributed by atoms with Gasteiger partial charge in [0.1, 0.15) is 12.2 Å². The summed E-state index contributed by atoms with van der Waals surface area (Å²) in [5.41, 5.74) is 0. The van der Waals surface area contributed by atoms with Crippen molar-refractivity contribution in [1.82, 2.24) is 9.80 Å². The maximum Gasteiger partial charge on any atom is 0.252 e. The second-order valence-corrected chi connectivity index (χ2v) is 6.68. The summed E-state index contributed by atoms with van der Waals surface area (Å²) in [6.07, 6.45) is 2.98. The number of carbonyl (C=O) groups is 2. The molecule has 0 aromatic heterocycles. The number of rotatable bonds is 2. The van der Waals surface area contributed by atoms with Crippen molar-refractivity contribution < 1.29 is 19.1 Å². The molecular weight excluding hydrogens is 284 g/mol. The van der Waals surface area contributed by atoms with E-state index in [-0.39, 0.29) is 36.1 Å². The quantitative estimate of drug-likeness (QED) is 0.757. The van der Waals surface area contributed by atoms with Crippen molar-refractivity contribution in [1.29, 1.82) is 0 Å². The summed E-state index contributed by atoms with van der Waals surface area (Å²) in [6.45, 7) is 6.54. The molecule has 0 bridgehead atoms. The van der Waals surface area contributed by atoms with Gasteiger partial charge in [-0.15, -0.1) is 0 Å². The van der Waals surface area contributed by atoms with Crippen molar-refractivity contribution in [2.45, 2.75) is 63.8 Å². The Morgan fingerprint density at radius 1 is 0.818 bits per heavy atom. The fraction of sp³-hybridized carbons (Fsp3) is 0.875. The molecule has 6 heteroatoms. The molecule has 4 atom stereocenters. The van der Waals surface area contributed by atoms with Gasteiger partial charge < -0.3 is 19.3 Å². The van der Waals surface area contributed by atoms with Crippen LogP contribution in [-0.4, -0.2) is 72.2 Å². The highest BCUT2D eigenvalue weighted by Crippen LogP contribution is 2.23. The first-order valence-electron chi connectivity index (χ1n) is 8.42. The van der Waals surface area contributed by atoms with Gasteiger partial charge >= 0.3 is 0 Å². The summed E-state index contributed by atoms with van der Waals surface area (Å²) in [5.74, 6) is 0.169. The fourth-order valence-electron chi connectivity index (χ4n) is 3.66. The molecule has 22 heavy (non-hydrogen) atoms. The molecule has 0 saturated carbocycles. The summed E-state index contributed by atoms with van der Waals surface area (Å²) in [6, 6.07) is 0.0523. The molecule has 6 nitrogen and oxygen atoms in total. The Balaban J connectivity index is 1.63. The number of hydrogen-bond acceptors (Lipinski definition) is 4. The standard InChI is InChI=1S/C16H26N2O4/c1-11-9-18(16(20)14-6-4-8-22-14)12(2)10-17(11)15(19)13-5-3-7-21-13/h11-14H,3-10H2,1-2H3/t11-,12+,13-,14-/m0/s1. The number of hydrogen-bond donors (Lipinski definition) is 0. The van der Waals surface area contributed by atoms with Crippen LogP contribution in [0.15, 0.2) is 0 Å². The molecule has 0 aliphatic carbocycles. The maximum absolute atomic E-state index is 12.6. The molecule has 3 fully saturated rings. The van der Waals surface area contributed by atoms with Crippen molar-refractivity contribution in [2.75, 3.05) is 26.3 Å². The first kappa shape index (κ1) is 15.7. The zero-order valence-electron chi connectivity index (χ0n) is 13.5. The predicted octanol–water partition coefficient (Wildman–Crippen LogP) is 0.792. The summed E-state index contributed by atoms with van der Waals surface area (Å²) >= 11 is 0. The third-order valence-corrected chi connectivity index (χ3v) is 4.96. The molecule has 0 spiro atoms. The molecule has 3 rings (SSSR count). The average molecular weight is 310 g/mol. The highest BCUT2D eigenvalue weighted by Gasteiger charge is 2.40. The smallest absolute Gasteiger partial charge is 0.252 e. The van der Waals surface area contributed by atoms with Gasteiger partial charge in [-0.25, -0.2) is 0 Å². The third kappa shape index (κ3) is 2.99. The third-order valence-electron chi connectivity index (χ3n) is 4.96. The van der Waals surface area contributed by atoms with Crippen LogP contribution in [0.3, 0.4) is 0 Å². The lowest BCUT2D eigenvalue weighted by atomic mass is 10.0. The molecule has 0 unspecified atom stereocenters. The van der Waals surface area contributed by atoms with Crippen LogP contribution in [0.1, 0.15) is 39.5 Å². The molecule has 0 N–H and O–H groups in total. The van der Waals surface area contributed by atoms with Crippen LogP contribution >= 0.6 is 0 Å². The topological polar surface area (TPSA) is 59.1 Å². The number of ether oxygens (including phenoxy) is 2. The van der Waals surface area contributed by atoms with Gasteiger partial charge in [0.05, 0.1) is 0 Å². The Labute approximate surface area is 131 Å². The van der Waals surface area contributed by atoms with E-state index in [1.807, 2.05) is 23.6 Å². The van der Waals surface area contributed by atoms with Gasteiger partial charge in [-0.2, -0.15) is 0 Å². The Kier molecular flexibility index (Phi) is 4.68. The van der Waals surface area contributed by atoms with Crippen LogP contribution in [-0.2, 0) is 19.1 Å². The van der Waals surface area contributed by atoms with Crippen molar-refractivity contribution in [2.24, 2.45) is 0 Å². The van der Waals surface area contributed by atoms with E-state index in [9.17, 15) is 9.59 Å². The molecule has 0 radical (unpaired) electrons. The van der Waals surface area contributed by atoms with Crippen LogP contribution in [0, 0.1) is 0 Å². The molecule has 0 aromatic carbocycles. The second-order valence-electron chi connectivity index (χ2n) is 6.68. The van der Waals surface area contributed by atoms with Gasteiger partial charge in [-0.05, 0) is 39.5 Å². The summed E-state index contributed by atoms with van der Waals surface area (Å²) < 4.78 is 11.0. The predicted molar refractivity (Wildman–Crippen MR) is 80.3 cm³/mol. The Hall–Kier alpha value is -1.14. The van der Waals surface area contributed by atoms with Crippen LogP contribution in [0.25, 0.3) is 0 Å². The van der Waals surface area contributed by atoms with E-state index in [4.69, 9.17) is 9.47 Å². The van der Waals surface area contributed by atoms with Crippen molar-refractivity contribution in [3.63, 3.8) is 0 Å². The van der Waals surface area contributed by atoms with Gasteiger partial charge in [0.25, 0.3) is 11.8 Å². The Morgan fingerprint density at radius 2 is 1.23 bits per heavy atom. The minimum atomic E-state index is -0.282. The van der Waals surface area contributed by atoms with E-state index >= 15 is 0 Å². The zero-order valence-corrected chi connectivity index (χ0v) is 13.5. The van der Waals surface area contributed by atoms with E-state index in [1.54, 1.807) is 0 Å². The molecule has 3 heterocycles. The molecule has 3 aliphatic heterocycles. The normalized spacial score (nSPS) is 35.9. The maximum atomic E-state index is 12.6. The van der Waals surface area contributed by atoms with Gasteiger partial charge in [0.2, 0.25) is 0 Å². The summed E-state index contributed by atoms with van der Waals surface area (Å²) in [4.78, 5) is 28.9. The van der Waals surface area contributed by atoms with Gasteiger partial charge in [0.15, 0.2) is 0 Å². The van der Waals surface area contributed by atoms with E-state index in [2.05, 4.69) is 0 Å². The lowest BCUT2D eigenvalue weighted by Gasteiger charge is -2.45. The van der Waals surface area contributed by atoms with Crippen LogP contribution in [0.4, 0.5) is 0 Å². The van der Waals surface area contributed by atoms with E-state index in [0.29, 0.717) is 26.3 Å². The summed E-state index contributed by atoms with van der Waals surface area (Å²) in [7, 11) is 0. The molecule has 0 aromatic rings. The Bertz CT molecular complexity index is 390. The highest BCUT2D eigenvalue weighted by molar-refractivity contribution is 5.84. The largest absolute Gasteiger partial charge is 0.368 e. The molecule has 3 aliphatic rings. The average Bonchev–Trinajstić information content (AvgIpc) is 3.20. The van der Waals surface area contributed by atoms with Crippen LogP contribution < -0.4 is 0 Å². The number of piperazine rings is 1. The SMILES string of the molecule is C[C@@H]1CN(C(=O)[C@@H]2CCCO2)[C@@H](C)CN1C(=O)[C@@H]1CCCO1. The molecule has 3 saturated heterocycles. The first-order chi connectivity index (χ1) is 10.6. The second kappa shape index (κ2) is 6.54. The van der Waals surface area contributed by atoms with Crippen LogP contribution in [0.5, 0.6) is 0 Å². The first-order valence-corrected chi connectivity index (χ1v) is 8.42. The molecule has 124 valence electrons. The highest BCUT2D eigenvalue weighted by atomic mass is 16.5. The summed E-state index contributed by atoms with van der Waals surface area (Å²) in [5, 5.41) is 0. The van der Waals surface area contributed by atoms with Crippen molar-refractivity contribution in [3.8, 4) is 0 Å². The lowest BCUT2D eigenvalue weighted by molar-refractivity contribution is -0.155. The van der Waals surface area contributed by atoms with Gasteiger partial charge in [0, 0.05) is 38.4 Å². The van der Waals surface area contributed by atoms with Gasteiger partial charge in [-0.3, -0.25) is 9.59 Å². The molecular formula is C16H26N2O4. The fourth-order valence-corrected chi connectivity index (χ4v) is 3.66. The molecule has 2 amide bonds. The lowest BCUT2D eigenvalue weighted by Crippen LogP contribution is -2.62. The van der Waals surface area contributed by atoms with E-state index < -0.39 is 0 Å². The van der Waals surface area contributed by atoms with Crippen LogP contribution in [0.2, 0.25) is 0 Å². The number of nitrogens with zero attached hydrogens (tertiary/aromatic N) is 2. The minimum Gasteiger partial charge on any atom is -0.368 e. The van der Waals surface area contributed by atoms with E-state index in [0.717, 1.165) is 25.7 Å². The monoisotopic (exact) mass is 310 g/mol. The Morgan fingerprint density at radius 3 is 1.55 bits per heavy atom.